The van der Waals surface area contributed by atoms with Crippen LogP contribution in [-0.2, 0) is 11.3 Å². The first-order chi connectivity index (χ1) is 17.9. The molecule has 5 rings (SSSR count). The Hall–Kier alpha value is -5.25. The summed E-state index contributed by atoms with van der Waals surface area (Å²) in [5, 5.41) is 16.4. The molecule has 37 heavy (non-hydrogen) atoms. The molecule has 0 saturated carbocycles. The summed E-state index contributed by atoms with van der Waals surface area (Å²) in [5.74, 6) is -0.996. The molecule has 2 heterocycles. The second-order valence-electron chi connectivity index (χ2n) is 8.21. The normalized spacial score (nSPS) is 11.3. The molecule has 2 aromatic heterocycles. The molecule has 0 radical (unpaired) electrons. The molecule has 0 atom stereocenters. The molecule has 3 aromatic carbocycles. The van der Waals surface area contributed by atoms with Gasteiger partial charge in [-0.15, -0.1) is 0 Å². The third-order valence-corrected chi connectivity index (χ3v) is 5.82. The number of para-hydroxylation sites is 1. The van der Waals surface area contributed by atoms with E-state index >= 15 is 0 Å². The number of nitro groups is 1. The van der Waals surface area contributed by atoms with Crippen molar-refractivity contribution in [1.29, 1.82) is 0 Å². The van der Waals surface area contributed by atoms with E-state index in [0.717, 1.165) is 22.0 Å². The van der Waals surface area contributed by atoms with E-state index in [1.807, 2.05) is 41.1 Å². The van der Waals surface area contributed by atoms with Gasteiger partial charge in [-0.25, -0.2) is 10.2 Å². The van der Waals surface area contributed by atoms with Crippen LogP contribution >= 0.6 is 0 Å². The minimum Gasteiger partial charge on any atom is -0.465 e. The summed E-state index contributed by atoms with van der Waals surface area (Å²) in [4.78, 5) is 34.9. The topological polar surface area (TPSA) is 129 Å². The Morgan fingerprint density at radius 1 is 1.11 bits per heavy atom. The number of nitrogens with zero attached hydrogens (tertiary/aromatic N) is 3. The highest BCUT2D eigenvalue weighted by molar-refractivity contribution is 6.01. The number of esters is 1. The number of nitro benzene ring substituents is 1. The Morgan fingerprint density at radius 2 is 1.95 bits per heavy atom. The van der Waals surface area contributed by atoms with Crippen LogP contribution in [0.4, 0.5) is 5.69 Å². The number of carbonyl (C=O) groups is 2. The predicted octanol–water partition coefficient (Wildman–Crippen LogP) is 4.89. The molecule has 0 aliphatic heterocycles. The summed E-state index contributed by atoms with van der Waals surface area (Å²) < 4.78 is 12.3. The lowest BCUT2D eigenvalue weighted by Gasteiger charge is -2.07. The number of furan rings is 1. The number of amides is 1. The summed E-state index contributed by atoms with van der Waals surface area (Å²) >= 11 is 0. The van der Waals surface area contributed by atoms with Gasteiger partial charge in [-0.2, -0.15) is 5.10 Å². The quantitative estimate of drug-likeness (QED) is 0.148. The highest BCUT2D eigenvalue weighted by atomic mass is 16.6. The number of methoxy groups -OCH3 is 1. The van der Waals surface area contributed by atoms with E-state index in [1.54, 1.807) is 18.2 Å². The van der Waals surface area contributed by atoms with Gasteiger partial charge < -0.3 is 13.7 Å². The highest BCUT2D eigenvalue weighted by Crippen LogP contribution is 2.25. The summed E-state index contributed by atoms with van der Waals surface area (Å²) in [6, 6.07) is 20.5. The fourth-order valence-corrected chi connectivity index (χ4v) is 4.09. The monoisotopic (exact) mass is 496 g/mol. The standard InChI is InChI=1S/C27H20N4O6/c1-36-27(33)18-6-4-5-17(11-18)15-30-16-20(22-7-2-3-8-23(22)30)14-28-29-26(32)25-13-19-12-21(31(34)35)9-10-24(19)37-25/h2-14,16H,15H2,1H3,(H,29,32)/b28-14-. The van der Waals surface area contributed by atoms with Crippen LogP contribution in [0.25, 0.3) is 21.9 Å². The van der Waals surface area contributed by atoms with Gasteiger partial charge in [0.05, 0.1) is 23.8 Å². The Morgan fingerprint density at radius 3 is 2.76 bits per heavy atom. The molecule has 5 aromatic rings. The Kier molecular flexibility index (Phi) is 6.21. The summed E-state index contributed by atoms with van der Waals surface area (Å²) in [6.07, 6.45) is 3.45. The van der Waals surface area contributed by atoms with Crippen molar-refractivity contribution >= 4 is 45.7 Å². The largest absolute Gasteiger partial charge is 0.465 e. The van der Waals surface area contributed by atoms with Crippen LogP contribution in [0.3, 0.4) is 0 Å². The lowest BCUT2D eigenvalue weighted by molar-refractivity contribution is -0.384. The Balaban J connectivity index is 1.36. The van der Waals surface area contributed by atoms with Gasteiger partial charge >= 0.3 is 11.9 Å². The number of fused-ring (bicyclic) bond motifs is 2. The Bertz CT molecular complexity index is 1700. The van der Waals surface area contributed by atoms with E-state index < -0.39 is 16.8 Å². The number of carbonyl (C=O) groups excluding carboxylic acids is 2. The van der Waals surface area contributed by atoms with Crippen molar-refractivity contribution in [3.05, 3.63) is 112 Å². The van der Waals surface area contributed by atoms with E-state index in [2.05, 4.69) is 10.5 Å². The van der Waals surface area contributed by atoms with Crippen molar-refractivity contribution in [2.75, 3.05) is 7.11 Å². The maximum atomic E-state index is 12.5. The molecule has 0 bridgehead atoms. The molecule has 1 N–H and O–H groups in total. The van der Waals surface area contributed by atoms with E-state index in [1.165, 1.54) is 37.6 Å². The van der Waals surface area contributed by atoms with Crippen LogP contribution in [0, 0.1) is 10.1 Å². The lowest BCUT2D eigenvalue weighted by Crippen LogP contribution is -2.16. The van der Waals surface area contributed by atoms with Crippen molar-refractivity contribution in [2.45, 2.75) is 6.54 Å². The van der Waals surface area contributed by atoms with Gasteiger partial charge in [0.2, 0.25) is 0 Å². The molecule has 10 nitrogen and oxygen atoms in total. The number of hydrazone groups is 1. The molecular weight excluding hydrogens is 476 g/mol. The van der Waals surface area contributed by atoms with E-state index in [0.29, 0.717) is 23.1 Å². The maximum Gasteiger partial charge on any atom is 0.337 e. The molecule has 0 aliphatic carbocycles. The number of hydrogen-bond acceptors (Lipinski definition) is 7. The number of ether oxygens (including phenoxy) is 1. The number of rotatable bonds is 7. The fourth-order valence-electron chi connectivity index (χ4n) is 4.09. The van der Waals surface area contributed by atoms with Crippen LogP contribution in [0.2, 0.25) is 0 Å². The first kappa shape index (κ1) is 23.5. The van der Waals surface area contributed by atoms with Crippen LogP contribution in [0.1, 0.15) is 32.0 Å². The molecule has 184 valence electrons. The number of non-ortho nitro benzene ring substituents is 1. The van der Waals surface area contributed by atoms with Crippen molar-refractivity contribution in [2.24, 2.45) is 5.10 Å². The molecular formula is C27H20N4O6. The molecule has 0 aliphatic rings. The second kappa shape index (κ2) is 9.78. The first-order valence-electron chi connectivity index (χ1n) is 11.2. The van der Waals surface area contributed by atoms with Gasteiger partial charge in [0.1, 0.15) is 5.58 Å². The first-order valence-corrected chi connectivity index (χ1v) is 11.2. The molecule has 10 heteroatoms. The van der Waals surface area contributed by atoms with Crippen molar-refractivity contribution in [3.8, 4) is 0 Å². The van der Waals surface area contributed by atoms with E-state index in [4.69, 9.17) is 9.15 Å². The fraction of sp³-hybridized carbons (Fsp3) is 0.0741. The van der Waals surface area contributed by atoms with E-state index in [9.17, 15) is 19.7 Å². The van der Waals surface area contributed by atoms with Crippen molar-refractivity contribution in [3.63, 3.8) is 0 Å². The zero-order valence-corrected chi connectivity index (χ0v) is 19.6. The van der Waals surface area contributed by atoms with Gasteiger partial charge in [0.15, 0.2) is 5.76 Å². The van der Waals surface area contributed by atoms with Crippen LogP contribution < -0.4 is 5.43 Å². The zero-order chi connectivity index (χ0) is 25.9. The average Bonchev–Trinajstić information content (AvgIpc) is 3.49. The number of nitrogens with one attached hydrogen (secondary N) is 1. The number of benzene rings is 3. The molecule has 0 spiro atoms. The smallest absolute Gasteiger partial charge is 0.337 e. The lowest BCUT2D eigenvalue weighted by atomic mass is 10.1. The van der Waals surface area contributed by atoms with Crippen molar-refractivity contribution in [1.82, 2.24) is 9.99 Å². The molecule has 1 amide bonds. The van der Waals surface area contributed by atoms with Crippen LogP contribution in [0.5, 0.6) is 0 Å². The molecule has 0 unspecified atom stereocenters. The predicted molar refractivity (Wildman–Crippen MR) is 137 cm³/mol. The minimum absolute atomic E-state index is 0.0134. The summed E-state index contributed by atoms with van der Waals surface area (Å²) in [6.45, 7) is 0.511. The highest BCUT2D eigenvalue weighted by Gasteiger charge is 2.15. The SMILES string of the molecule is COC(=O)c1cccc(Cn2cc(/C=N\NC(=O)c3cc4cc([N+](=O)[O-])ccc4o3)c3ccccc32)c1. The van der Waals surface area contributed by atoms with Gasteiger partial charge in [0.25, 0.3) is 5.69 Å². The maximum absolute atomic E-state index is 12.5. The Labute approximate surface area is 209 Å². The van der Waals surface area contributed by atoms with Gasteiger partial charge in [-0.1, -0.05) is 30.3 Å². The van der Waals surface area contributed by atoms with Crippen LogP contribution in [0.15, 0.2) is 88.5 Å². The average molecular weight is 496 g/mol. The zero-order valence-electron chi connectivity index (χ0n) is 19.6. The number of aromatic nitrogens is 1. The number of hydrogen-bond donors (Lipinski definition) is 1. The third kappa shape index (κ3) is 4.80. The summed E-state index contributed by atoms with van der Waals surface area (Å²) in [7, 11) is 1.35. The van der Waals surface area contributed by atoms with Crippen LogP contribution in [-0.4, -0.2) is 34.7 Å². The van der Waals surface area contributed by atoms with E-state index in [-0.39, 0.29) is 11.4 Å². The minimum atomic E-state index is -0.585. The third-order valence-electron chi connectivity index (χ3n) is 5.82. The molecule has 0 saturated heterocycles. The second-order valence-corrected chi connectivity index (χ2v) is 8.21. The molecule has 0 fully saturated rings. The van der Waals surface area contributed by atoms with Gasteiger partial charge in [0, 0.05) is 46.7 Å². The van der Waals surface area contributed by atoms with Crippen molar-refractivity contribution < 1.29 is 23.7 Å². The van der Waals surface area contributed by atoms with Gasteiger partial charge in [-0.05, 0) is 35.9 Å². The summed E-state index contributed by atoms with van der Waals surface area (Å²) in [5.41, 5.74) is 5.84. The van der Waals surface area contributed by atoms with Gasteiger partial charge in [-0.3, -0.25) is 14.9 Å².